The summed E-state index contributed by atoms with van der Waals surface area (Å²) in [6.07, 6.45) is 1.11. The number of aliphatic hydroxyl groups excluding tert-OH is 1. The average molecular weight is 204 g/mol. The summed E-state index contributed by atoms with van der Waals surface area (Å²) in [5.41, 5.74) is 0. The lowest BCUT2D eigenvalue weighted by atomic mass is 9.99. The molecule has 2 atom stereocenters. The van der Waals surface area contributed by atoms with E-state index >= 15 is 0 Å². The summed E-state index contributed by atoms with van der Waals surface area (Å²) in [4.78, 5) is 11.5. The topological polar surface area (TPSA) is 46.5 Å². The molecule has 0 aliphatic carbocycles. The second-order valence-electron chi connectivity index (χ2n) is 3.33. The van der Waals surface area contributed by atoms with Gasteiger partial charge in [0.15, 0.2) is 0 Å². The molecule has 3 nitrogen and oxygen atoms in total. The Balaban J connectivity index is 2.65. The predicted octanol–water partition coefficient (Wildman–Crippen LogP) is 1.20. The zero-order chi connectivity index (χ0) is 9.90. The first-order chi connectivity index (χ1) is 6.11. The van der Waals surface area contributed by atoms with E-state index in [-0.39, 0.29) is 5.97 Å². The standard InChI is InChI=1S/C9H16O3S/c1-3-12-8(11)9(2)7(10)5-4-6-13-9/h7,10H,3-6H2,1-2H3/t7-,9+/m0/s1. The van der Waals surface area contributed by atoms with Crippen molar-refractivity contribution in [2.75, 3.05) is 12.4 Å². The van der Waals surface area contributed by atoms with Gasteiger partial charge >= 0.3 is 5.97 Å². The molecule has 0 unspecified atom stereocenters. The van der Waals surface area contributed by atoms with Crippen LogP contribution in [0, 0.1) is 0 Å². The van der Waals surface area contributed by atoms with Crippen LogP contribution in [0.1, 0.15) is 26.7 Å². The molecular weight excluding hydrogens is 188 g/mol. The third-order valence-corrected chi connectivity index (χ3v) is 3.87. The number of aliphatic hydroxyl groups is 1. The van der Waals surface area contributed by atoms with E-state index in [9.17, 15) is 9.90 Å². The highest BCUT2D eigenvalue weighted by Gasteiger charge is 2.44. The number of hydrogen-bond acceptors (Lipinski definition) is 4. The third-order valence-electron chi connectivity index (χ3n) is 2.34. The molecule has 0 amide bonds. The van der Waals surface area contributed by atoms with Gasteiger partial charge in [0, 0.05) is 0 Å². The molecular formula is C9H16O3S. The van der Waals surface area contributed by atoms with Crippen molar-refractivity contribution < 1.29 is 14.6 Å². The molecule has 0 aromatic heterocycles. The fraction of sp³-hybridized carbons (Fsp3) is 0.889. The summed E-state index contributed by atoms with van der Waals surface area (Å²) in [5, 5.41) is 9.70. The first-order valence-corrected chi connectivity index (χ1v) is 5.59. The van der Waals surface area contributed by atoms with Crippen molar-refractivity contribution >= 4 is 17.7 Å². The van der Waals surface area contributed by atoms with Crippen molar-refractivity contribution in [2.24, 2.45) is 0 Å². The smallest absolute Gasteiger partial charge is 0.324 e. The number of ether oxygens (including phenoxy) is 1. The van der Waals surface area contributed by atoms with Crippen LogP contribution in [-0.4, -0.2) is 34.3 Å². The minimum atomic E-state index is -0.742. The lowest BCUT2D eigenvalue weighted by molar-refractivity contribution is -0.149. The molecule has 1 rings (SSSR count). The Morgan fingerprint density at radius 1 is 1.77 bits per heavy atom. The van der Waals surface area contributed by atoms with E-state index in [1.54, 1.807) is 13.8 Å². The van der Waals surface area contributed by atoms with E-state index in [0.717, 1.165) is 12.2 Å². The fourth-order valence-corrected chi connectivity index (χ4v) is 2.62. The van der Waals surface area contributed by atoms with Gasteiger partial charge in [-0.2, -0.15) is 0 Å². The number of carbonyl (C=O) groups is 1. The second kappa shape index (κ2) is 4.33. The fourth-order valence-electron chi connectivity index (χ4n) is 1.40. The molecule has 76 valence electrons. The van der Waals surface area contributed by atoms with E-state index in [1.165, 1.54) is 11.8 Å². The molecule has 0 radical (unpaired) electrons. The Morgan fingerprint density at radius 2 is 2.46 bits per heavy atom. The number of carbonyl (C=O) groups excluding carboxylic acids is 1. The lowest BCUT2D eigenvalue weighted by Crippen LogP contribution is -2.47. The first-order valence-electron chi connectivity index (χ1n) is 4.60. The maximum atomic E-state index is 11.5. The van der Waals surface area contributed by atoms with E-state index in [2.05, 4.69) is 0 Å². The van der Waals surface area contributed by atoms with Crippen LogP contribution in [0.2, 0.25) is 0 Å². The number of rotatable bonds is 2. The Hall–Kier alpha value is -0.220. The van der Waals surface area contributed by atoms with Gasteiger partial charge in [0.2, 0.25) is 0 Å². The van der Waals surface area contributed by atoms with E-state index < -0.39 is 10.9 Å². The summed E-state index contributed by atoms with van der Waals surface area (Å²) in [5.74, 6) is 0.638. The molecule has 0 aromatic carbocycles. The Kier molecular flexibility index (Phi) is 3.62. The van der Waals surface area contributed by atoms with Crippen molar-refractivity contribution in [3.05, 3.63) is 0 Å². The monoisotopic (exact) mass is 204 g/mol. The Bertz CT molecular complexity index is 195. The molecule has 1 fully saturated rings. The molecule has 1 heterocycles. The summed E-state index contributed by atoms with van der Waals surface area (Å²) >= 11 is 1.50. The van der Waals surface area contributed by atoms with Crippen LogP contribution in [0.4, 0.5) is 0 Å². The van der Waals surface area contributed by atoms with E-state index in [4.69, 9.17) is 4.74 Å². The minimum absolute atomic E-state index is 0.285. The molecule has 1 saturated heterocycles. The maximum Gasteiger partial charge on any atom is 0.324 e. The Morgan fingerprint density at radius 3 is 3.00 bits per heavy atom. The molecule has 13 heavy (non-hydrogen) atoms. The second-order valence-corrected chi connectivity index (χ2v) is 4.88. The number of thioether (sulfide) groups is 1. The highest BCUT2D eigenvalue weighted by atomic mass is 32.2. The van der Waals surface area contributed by atoms with Gasteiger partial charge in [-0.15, -0.1) is 11.8 Å². The zero-order valence-electron chi connectivity index (χ0n) is 8.08. The Labute approximate surface area is 82.8 Å². The summed E-state index contributed by atoms with van der Waals surface area (Å²) in [7, 11) is 0. The molecule has 4 heteroatoms. The van der Waals surface area contributed by atoms with Crippen molar-refractivity contribution in [2.45, 2.75) is 37.5 Å². The summed E-state index contributed by atoms with van der Waals surface area (Å²) < 4.78 is 4.19. The number of esters is 1. The quantitative estimate of drug-likeness (QED) is 0.686. The van der Waals surface area contributed by atoms with Crippen molar-refractivity contribution in [3.8, 4) is 0 Å². The average Bonchev–Trinajstić information content (AvgIpc) is 2.11. The zero-order valence-corrected chi connectivity index (χ0v) is 8.89. The first kappa shape index (κ1) is 10.9. The molecule has 1 N–H and O–H groups in total. The van der Waals surface area contributed by atoms with Crippen LogP contribution in [0.5, 0.6) is 0 Å². The normalized spacial score (nSPS) is 34.2. The SMILES string of the molecule is CCOC(=O)[C@]1(C)SCCC[C@@H]1O. The van der Waals surface area contributed by atoms with E-state index in [0.29, 0.717) is 13.0 Å². The van der Waals surface area contributed by atoms with Crippen LogP contribution in [0.3, 0.4) is 0 Å². The van der Waals surface area contributed by atoms with Gasteiger partial charge in [-0.25, -0.2) is 0 Å². The van der Waals surface area contributed by atoms with E-state index in [1.807, 2.05) is 0 Å². The van der Waals surface area contributed by atoms with Gasteiger partial charge in [-0.1, -0.05) is 0 Å². The molecule has 0 saturated carbocycles. The third kappa shape index (κ3) is 2.17. The van der Waals surface area contributed by atoms with Crippen LogP contribution >= 0.6 is 11.8 Å². The predicted molar refractivity (Wildman–Crippen MR) is 52.7 cm³/mol. The van der Waals surface area contributed by atoms with Crippen LogP contribution in [0.25, 0.3) is 0 Å². The minimum Gasteiger partial charge on any atom is -0.465 e. The van der Waals surface area contributed by atoms with Crippen LogP contribution in [0.15, 0.2) is 0 Å². The van der Waals surface area contributed by atoms with Gasteiger partial charge in [-0.3, -0.25) is 4.79 Å². The summed E-state index contributed by atoms with van der Waals surface area (Å²) in [6.45, 7) is 3.92. The highest BCUT2D eigenvalue weighted by molar-refractivity contribution is 8.01. The molecule has 0 aromatic rings. The lowest BCUT2D eigenvalue weighted by Gasteiger charge is -2.35. The molecule has 0 bridgehead atoms. The molecule has 1 aliphatic rings. The van der Waals surface area contributed by atoms with Crippen LogP contribution in [-0.2, 0) is 9.53 Å². The van der Waals surface area contributed by atoms with Gasteiger partial charge in [-0.05, 0) is 32.4 Å². The van der Waals surface area contributed by atoms with Gasteiger partial charge in [0.25, 0.3) is 0 Å². The molecule has 0 spiro atoms. The van der Waals surface area contributed by atoms with Gasteiger partial charge in [0.05, 0.1) is 12.7 Å². The van der Waals surface area contributed by atoms with Crippen LogP contribution < -0.4 is 0 Å². The van der Waals surface area contributed by atoms with Crippen molar-refractivity contribution in [3.63, 3.8) is 0 Å². The van der Waals surface area contributed by atoms with Gasteiger partial charge in [0.1, 0.15) is 4.75 Å². The largest absolute Gasteiger partial charge is 0.465 e. The van der Waals surface area contributed by atoms with Crippen molar-refractivity contribution in [1.82, 2.24) is 0 Å². The van der Waals surface area contributed by atoms with Gasteiger partial charge < -0.3 is 9.84 Å². The highest BCUT2D eigenvalue weighted by Crippen LogP contribution is 2.37. The van der Waals surface area contributed by atoms with Crippen molar-refractivity contribution in [1.29, 1.82) is 0 Å². The maximum absolute atomic E-state index is 11.5. The summed E-state index contributed by atoms with van der Waals surface area (Å²) in [6, 6.07) is 0. The molecule has 1 aliphatic heterocycles. The number of hydrogen-bond donors (Lipinski definition) is 1.